The summed E-state index contributed by atoms with van der Waals surface area (Å²) in [5.41, 5.74) is 7.10. The van der Waals surface area contributed by atoms with Crippen molar-refractivity contribution in [2.24, 2.45) is 5.73 Å². The lowest BCUT2D eigenvalue weighted by atomic mass is 10.1. The van der Waals surface area contributed by atoms with Crippen LogP contribution < -0.4 is 5.73 Å². The summed E-state index contributed by atoms with van der Waals surface area (Å²) in [6.07, 6.45) is 0. The predicted molar refractivity (Wildman–Crippen MR) is 77.2 cm³/mol. The molecule has 0 radical (unpaired) electrons. The zero-order chi connectivity index (χ0) is 13.0. The highest BCUT2D eigenvalue weighted by atomic mass is 79.9. The third-order valence-corrected chi connectivity index (χ3v) is 3.07. The molecule has 0 fully saturated rings. The van der Waals surface area contributed by atoms with Gasteiger partial charge in [-0.1, -0.05) is 34.2 Å². The zero-order valence-corrected chi connectivity index (χ0v) is 12.3. The fraction of sp³-hybridized carbons (Fsp3) is 0.333. The van der Waals surface area contributed by atoms with E-state index in [1.807, 2.05) is 32.0 Å². The van der Waals surface area contributed by atoms with Crippen LogP contribution in [-0.4, -0.2) is 28.9 Å². The van der Waals surface area contributed by atoms with Gasteiger partial charge in [-0.2, -0.15) is 0 Å². The van der Waals surface area contributed by atoms with E-state index in [4.69, 9.17) is 18.0 Å². The first kappa shape index (κ1) is 14.1. The highest BCUT2D eigenvalue weighted by molar-refractivity contribution is 9.10. The van der Waals surface area contributed by atoms with Crippen LogP contribution in [0, 0.1) is 6.92 Å². The molecule has 1 aromatic carbocycles. The average Bonchev–Trinajstić information content (AvgIpc) is 2.28. The van der Waals surface area contributed by atoms with Gasteiger partial charge >= 0.3 is 0 Å². The Balaban J connectivity index is 3.01. The van der Waals surface area contributed by atoms with Gasteiger partial charge in [0.2, 0.25) is 0 Å². The number of benzene rings is 1. The SMILES string of the molecule is CCN(CC(N)=S)C(=O)c1cc(Br)ccc1C. The molecular formula is C12H15BrN2OS. The van der Waals surface area contributed by atoms with Gasteiger partial charge in [-0.05, 0) is 31.5 Å². The van der Waals surface area contributed by atoms with E-state index in [1.54, 1.807) is 4.90 Å². The second kappa shape index (κ2) is 6.12. The van der Waals surface area contributed by atoms with Crippen LogP contribution in [-0.2, 0) is 0 Å². The first-order valence-electron chi connectivity index (χ1n) is 5.29. The average molecular weight is 315 g/mol. The molecule has 0 saturated carbocycles. The molecule has 92 valence electrons. The molecular weight excluding hydrogens is 300 g/mol. The summed E-state index contributed by atoms with van der Waals surface area (Å²) < 4.78 is 0.887. The molecule has 0 aliphatic rings. The number of hydrogen-bond donors (Lipinski definition) is 1. The lowest BCUT2D eigenvalue weighted by molar-refractivity contribution is 0.0787. The molecule has 1 amide bonds. The van der Waals surface area contributed by atoms with E-state index in [2.05, 4.69) is 15.9 Å². The minimum atomic E-state index is -0.0425. The maximum absolute atomic E-state index is 12.3. The number of hydrogen-bond acceptors (Lipinski definition) is 2. The van der Waals surface area contributed by atoms with Gasteiger partial charge in [0.05, 0.1) is 11.5 Å². The maximum Gasteiger partial charge on any atom is 0.254 e. The lowest BCUT2D eigenvalue weighted by Gasteiger charge is -2.21. The van der Waals surface area contributed by atoms with Gasteiger partial charge in [0, 0.05) is 16.6 Å². The second-order valence-corrected chi connectivity index (χ2v) is 5.18. The van der Waals surface area contributed by atoms with Crippen molar-refractivity contribution in [2.75, 3.05) is 13.1 Å². The zero-order valence-electron chi connectivity index (χ0n) is 9.87. The number of thiocarbonyl (C=S) groups is 1. The van der Waals surface area contributed by atoms with Crippen molar-refractivity contribution in [3.05, 3.63) is 33.8 Å². The van der Waals surface area contributed by atoms with E-state index < -0.39 is 0 Å². The van der Waals surface area contributed by atoms with Crippen molar-refractivity contribution in [1.29, 1.82) is 0 Å². The van der Waals surface area contributed by atoms with Gasteiger partial charge in [-0.25, -0.2) is 0 Å². The number of aryl methyl sites for hydroxylation is 1. The lowest BCUT2D eigenvalue weighted by Crippen LogP contribution is -2.37. The van der Waals surface area contributed by atoms with Crippen LogP contribution in [0.5, 0.6) is 0 Å². The largest absolute Gasteiger partial charge is 0.392 e. The number of nitrogens with zero attached hydrogens (tertiary/aromatic N) is 1. The topological polar surface area (TPSA) is 46.3 Å². The third-order valence-electron chi connectivity index (χ3n) is 2.45. The van der Waals surface area contributed by atoms with E-state index in [0.717, 1.165) is 10.0 Å². The Morgan fingerprint density at radius 1 is 1.53 bits per heavy atom. The van der Waals surface area contributed by atoms with Crippen molar-refractivity contribution < 1.29 is 4.79 Å². The minimum absolute atomic E-state index is 0.0425. The fourth-order valence-corrected chi connectivity index (χ4v) is 2.03. The molecule has 0 heterocycles. The van der Waals surface area contributed by atoms with Crippen LogP contribution in [0.25, 0.3) is 0 Å². The first-order chi connectivity index (χ1) is 7.95. The van der Waals surface area contributed by atoms with Gasteiger partial charge in [0.1, 0.15) is 0 Å². The van der Waals surface area contributed by atoms with Crippen molar-refractivity contribution >= 4 is 39.0 Å². The van der Waals surface area contributed by atoms with Crippen LogP contribution in [0.4, 0.5) is 0 Å². The van der Waals surface area contributed by atoms with Crippen molar-refractivity contribution in [1.82, 2.24) is 4.90 Å². The first-order valence-corrected chi connectivity index (χ1v) is 6.49. The summed E-state index contributed by atoms with van der Waals surface area (Å²) in [6.45, 7) is 4.72. The Bertz CT molecular complexity index is 448. The number of halogens is 1. The molecule has 2 N–H and O–H groups in total. The third kappa shape index (κ3) is 3.78. The van der Waals surface area contributed by atoms with Gasteiger partial charge in [-0.3, -0.25) is 4.79 Å². The predicted octanol–water partition coefficient (Wildman–Crippen LogP) is 2.51. The minimum Gasteiger partial charge on any atom is -0.392 e. The normalized spacial score (nSPS) is 10.1. The maximum atomic E-state index is 12.3. The Labute approximate surface area is 115 Å². The molecule has 0 bridgehead atoms. The number of carbonyl (C=O) groups excluding carboxylic acids is 1. The number of nitrogens with two attached hydrogens (primary N) is 1. The number of amides is 1. The van der Waals surface area contributed by atoms with Crippen LogP contribution in [0.2, 0.25) is 0 Å². The van der Waals surface area contributed by atoms with Gasteiger partial charge in [0.15, 0.2) is 0 Å². The van der Waals surface area contributed by atoms with Crippen LogP contribution in [0.3, 0.4) is 0 Å². The molecule has 0 aromatic heterocycles. The standard InChI is InChI=1S/C12H15BrN2OS/c1-3-15(7-11(14)17)12(16)10-6-9(13)5-4-8(10)2/h4-6H,3,7H2,1-2H3,(H2,14,17). The highest BCUT2D eigenvalue weighted by Crippen LogP contribution is 2.17. The van der Waals surface area contributed by atoms with Crippen LogP contribution in [0.15, 0.2) is 22.7 Å². The van der Waals surface area contributed by atoms with Crippen molar-refractivity contribution in [3.8, 4) is 0 Å². The fourth-order valence-electron chi connectivity index (χ4n) is 1.51. The molecule has 0 atom stereocenters. The van der Waals surface area contributed by atoms with E-state index in [9.17, 15) is 4.79 Å². The molecule has 0 saturated heterocycles. The molecule has 17 heavy (non-hydrogen) atoms. The van der Waals surface area contributed by atoms with E-state index >= 15 is 0 Å². The van der Waals surface area contributed by atoms with E-state index in [1.165, 1.54) is 0 Å². The summed E-state index contributed by atoms with van der Waals surface area (Å²) in [5, 5.41) is 0. The van der Waals surface area contributed by atoms with Gasteiger partial charge in [-0.15, -0.1) is 0 Å². The van der Waals surface area contributed by atoms with Gasteiger partial charge < -0.3 is 10.6 Å². The molecule has 1 aromatic rings. The Kier molecular flexibility index (Phi) is 5.08. The number of likely N-dealkylation sites (N-methyl/N-ethyl adjacent to an activating group) is 1. The van der Waals surface area contributed by atoms with Crippen LogP contribution >= 0.6 is 28.1 Å². The monoisotopic (exact) mass is 314 g/mol. The summed E-state index contributed by atoms with van der Waals surface area (Å²) in [5.74, 6) is -0.0425. The molecule has 0 aliphatic heterocycles. The smallest absolute Gasteiger partial charge is 0.254 e. The summed E-state index contributed by atoms with van der Waals surface area (Å²) in [4.78, 5) is 14.2. The van der Waals surface area contributed by atoms with Crippen molar-refractivity contribution in [3.63, 3.8) is 0 Å². The Hall–Kier alpha value is -0.940. The quantitative estimate of drug-likeness (QED) is 0.869. The molecule has 1 rings (SSSR count). The molecule has 3 nitrogen and oxygen atoms in total. The molecule has 0 aliphatic carbocycles. The number of carbonyl (C=O) groups is 1. The Morgan fingerprint density at radius 2 is 2.18 bits per heavy atom. The summed E-state index contributed by atoms with van der Waals surface area (Å²) >= 11 is 8.21. The molecule has 5 heteroatoms. The van der Waals surface area contributed by atoms with Crippen molar-refractivity contribution in [2.45, 2.75) is 13.8 Å². The number of rotatable bonds is 4. The molecule has 0 spiro atoms. The molecule has 0 unspecified atom stereocenters. The Morgan fingerprint density at radius 3 is 2.71 bits per heavy atom. The van der Waals surface area contributed by atoms with Gasteiger partial charge in [0.25, 0.3) is 5.91 Å². The summed E-state index contributed by atoms with van der Waals surface area (Å²) in [7, 11) is 0. The van der Waals surface area contributed by atoms with E-state index in [0.29, 0.717) is 23.6 Å². The highest BCUT2D eigenvalue weighted by Gasteiger charge is 2.16. The second-order valence-electron chi connectivity index (χ2n) is 3.74. The summed E-state index contributed by atoms with van der Waals surface area (Å²) in [6, 6.07) is 5.64. The van der Waals surface area contributed by atoms with E-state index in [-0.39, 0.29) is 5.91 Å². The van der Waals surface area contributed by atoms with Crippen LogP contribution in [0.1, 0.15) is 22.8 Å².